The van der Waals surface area contributed by atoms with Crippen molar-refractivity contribution in [2.24, 2.45) is 7.05 Å². The second-order valence-electron chi connectivity index (χ2n) is 4.14. The van der Waals surface area contributed by atoms with Crippen molar-refractivity contribution in [2.45, 2.75) is 0 Å². The van der Waals surface area contributed by atoms with E-state index >= 15 is 0 Å². The van der Waals surface area contributed by atoms with E-state index in [1.165, 1.54) is 11.3 Å². The van der Waals surface area contributed by atoms with Crippen LogP contribution in [0.5, 0.6) is 0 Å². The van der Waals surface area contributed by atoms with Crippen molar-refractivity contribution in [3.8, 4) is 11.4 Å². The van der Waals surface area contributed by atoms with Crippen LogP contribution in [0.15, 0.2) is 29.6 Å². The first-order valence-electron chi connectivity index (χ1n) is 5.88. The lowest BCUT2D eigenvalue weighted by molar-refractivity contribution is 0.102. The molecule has 0 atom stereocenters. The van der Waals surface area contributed by atoms with E-state index in [0.29, 0.717) is 21.7 Å². The Bertz CT molecular complexity index is 798. The quantitative estimate of drug-likeness (QED) is 0.800. The highest BCUT2D eigenvalue weighted by molar-refractivity contribution is 7.12. The molecule has 0 aliphatic heterocycles. The third kappa shape index (κ3) is 2.91. The van der Waals surface area contributed by atoms with Gasteiger partial charge >= 0.3 is 0 Å². The maximum atomic E-state index is 12.0. The van der Waals surface area contributed by atoms with Crippen molar-refractivity contribution in [3.05, 3.63) is 39.8 Å². The fraction of sp³-hybridized carbons (Fsp3) is 0.0833. The number of thiazole rings is 1. The summed E-state index contributed by atoms with van der Waals surface area (Å²) in [6.45, 7) is 0. The summed E-state index contributed by atoms with van der Waals surface area (Å²) in [6.07, 6.45) is 0. The van der Waals surface area contributed by atoms with Crippen molar-refractivity contribution < 1.29 is 4.79 Å². The van der Waals surface area contributed by atoms with Gasteiger partial charge in [0.25, 0.3) is 5.91 Å². The molecule has 0 fully saturated rings. The number of nitrogens with one attached hydrogen (secondary N) is 1. The molecule has 9 heteroatoms. The molecule has 0 aliphatic rings. The summed E-state index contributed by atoms with van der Waals surface area (Å²) in [5.41, 5.74) is 1.43. The molecule has 0 bridgehead atoms. The first kappa shape index (κ1) is 13.7. The molecule has 106 valence electrons. The molecular formula is C12H9ClN6OS. The largest absolute Gasteiger partial charge is 0.320 e. The lowest BCUT2D eigenvalue weighted by Crippen LogP contribution is -2.11. The Labute approximate surface area is 128 Å². The molecule has 3 aromatic rings. The maximum absolute atomic E-state index is 12.0. The van der Waals surface area contributed by atoms with Crippen molar-refractivity contribution in [2.75, 3.05) is 5.32 Å². The van der Waals surface area contributed by atoms with Gasteiger partial charge in [-0.15, -0.1) is 16.4 Å². The number of aryl methyl sites for hydroxylation is 1. The Morgan fingerprint density at radius 2 is 2.29 bits per heavy atom. The number of rotatable bonds is 3. The minimum atomic E-state index is -0.305. The standard InChI is InChI=1S/C12H9ClN6OS/c1-19-10(16-17-18-19)7-3-2-4-8(5-7)14-11(20)12-15-9(13)6-21-12/h2-6H,1H3,(H,14,20). The van der Waals surface area contributed by atoms with E-state index in [1.54, 1.807) is 29.2 Å². The highest BCUT2D eigenvalue weighted by Crippen LogP contribution is 2.21. The molecule has 1 aromatic carbocycles. The molecule has 0 saturated heterocycles. The Morgan fingerprint density at radius 3 is 2.95 bits per heavy atom. The van der Waals surface area contributed by atoms with Gasteiger partial charge < -0.3 is 5.32 Å². The molecule has 3 rings (SSSR count). The third-order valence-electron chi connectivity index (χ3n) is 2.67. The van der Waals surface area contributed by atoms with Crippen molar-refractivity contribution >= 4 is 34.5 Å². The number of hydrogen-bond donors (Lipinski definition) is 1. The van der Waals surface area contributed by atoms with Crippen LogP contribution in [0.1, 0.15) is 9.80 Å². The summed E-state index contributed by atoms with van der Waals surface area (Å²) in [4.78, 5) is 16.0. The van der Waals surface area contributed by atoms with Crippen LogP contribution >= 0.6 is 22.9 Å². The van der Waals surface area contributed by atoms with Crippen LogP contribution in [0, 0.1) is 0 Å². The van der Waals surface area contributed by atoms with Gasteiger partial charge in [-0.05, 0) is 22.6 Å². The van der Waals surface area contributed by atoms with Gasteiger partial charge in [-0.2, -0.15) is 0 Å². The number of amides is 1. The SMILES string of the molecule is Cn1nnnc1-c1cccc(NC(=O)c2nc(Cl)cs2)c1. The van der Waals surface area contributed by atoms with E-state index in [9.17, 15) is 4.79 Å². The lowest BCUT2D eigenvalue weighted by Gasteiger charge is -2.05. The van der Waals surface area contributed by atoms with Crippen LogP contribution in [-0.2, 0) is 7.05 Å². The Kier molecular flexibility index (Phi) is 3.63. The number of carbonyl (C=O) groups is 1. The normalized spacial score (nSPS) is 10.6. The lowest BCUT2D eigenvalue weighted by atomic mass is 10.2. The molecule has 7 nitrogen and oxygen atoms in total. The van der Waals surface area contributed by atoms with E-state index in [-0.39, 0.29) is 5.91 Å². The van der Waals surface area contributed by atoms with Crippen LogP contribution in [0.2, 0.25) is 5.15 Å². The van der Waals surface area contributed by atoms with Gasteiger partial charge in [0.1, 0.15) is 5.15 Å². The topological polar surface area (TPSA) is 85.6 Å². The zero-order valence-corrected chi connectivity index (χ0v) is 12.4. The average Bonchev–Trinajstić information content (AvgIpc) is 3.08. The fourth-order valence-electron chi connectivity index (χ4n) is 1.75. The maximum Gasteiger partial charge on any atom is 0.284 e. The van der Waals surface area contributed by atoms with Crippen LogP contribution < -0.4 is 5.32 Å². The highest BCUT2D eigenvalue weighted by atomic mass is 35.5. The average molecular weight is 321 g/mol. The molecule has 2 aromatic heterocycles. The van der Waals surface area contributed by atoms with E-state index in [1.807, 2.05) is 12.1 Å². The van der Waals surface area contributed by atoms with E-state index < -0.39 is 0 Å². The second kappa shape index (κ2) is 5.58. The number of aromatic nitrogens is 5. The molecule has 0 spiro atoms. The van der Waals surface area contributed by atoms with Crippen LogP contribution in [0.3, 0.4) is 0 Å². The summed E-state index contributed by atoms with van der Waals surface area (Å²) >= 11 is 6.90. The molecular weight excluding hydrogens is 312 g/mol. The van der Waals surface area contributed by atoms with Gasteiger partial charge in [-0.1, -0.05) is 23.7 Å². The second-order valence-corrected chi connectivity index (χ2v) is 5.38. The van der Waals surface area contributed by atoms with Gasteiger partial charge in [0.2, 0.25) is 0 Å². The van der Waals surface area contributed by atoms with Gasteiger partial charge in [-0.25, -0.2) is 9.67 Å². The van der Waals surface area contributed by atoms with Gasteiger partial charge in [-0.3, -0.25) is 4.79 Å². The number of nitrogens with zero attached hydrogens (tertiary/aromatic N) is 5. The minimum Gasteiger partial charge on any atom is -0.320 e. The Morgan fingerprint density at radius 1 is 1.43 bits per heavy atom. The summed E-state index contributed by atoms with van der Waals surface area (Å²) in [5.74, 6) is 0.309. The zero-order chi connectivity index (χ0) is 14.8. The number of anilines is 1. The van der Waals surface area contributed by atoms with Crippen LogP contribution in [0.25, 0.3) is 11.4 Å². The summed E-state index contributed by atoms with van der Waals surface area (Å²) in [6, 6.07) is 7.25. The molecule has 0 aliphatic carbocycles. The number of tetrazole rings is 1. The zero-order valence-electron chi connectivity index (χ0n) is 10.8. The smallest absolute Gasteiger partial charge is 0.284 e. The molecule has 1 N–H and O–H groups in total. The first-order valence-corrected chi connectivity index (χ1v) is 7.14. The first-order chi connectivity index (χ1) is 10.1. The Hall–Kier alpha value is -2.32. The molecule has 0 radical (unpaired) electrons. The molecule has 2 heterocycles. The van der Waals surface area contributed by atoms with Crippen LogP contribution in [-0.4, -0.2) is 31.1 Å². The van der Waals surface area contributed by atoms with Gasteiger partial charge in [0, 0.05) is 23.7 Å². The number of hydrogen-bond acceptors (Lipinski definition) is 6. The number of carbonyl (C=O) groups excluding carboxylic acids is 1. The van der Waals surface area contributed by atoms with E-state index in [0.717, 1.165) is 5.56 Å². The summed E-state index contributed by atoms with van der Waals surface area (Å²) in [5, 5.41) is 16.3. The minimum absolute atomic E-state index is 0.305. The van der Waals surface area contributed by atoms with Crippen LogP contribution in [0.4, 0.5) is 5.69 Å². The van der Waals surface area contributed by atoms with E-state index in [4.69, 9.17) is 11.6 Å². The van der Waals surface area contributed by atoms with Crippen molar-refractivity contribution in [3.63, 3.8) is 0 Å². The van der Waals surface area contributed by atoms with Crippen molar-refractivity contribution in [1.82, 2.24) is 25.2 Å². The fourth-order valence-corrected chi connectivity index (χ4v) is 2.59. The predicted octanol–water partition coefficient (Wildman–Crippen LogP) is 2.24. The molecule has 0 saturated carbocycles. The predicted molar refractivity (Wildman–Crippen MR) is 79.3 cm³/mol. The highest BCUT2D eigenvalue weighted by Gasteiger charge is 2.12. The molecule has 21 heavy (non-hydrogen) atoms. The Balaban J connectivity index is 1.84. The monoisotopic (exact) mass is 320 g/mol. The number of benzene rings is 1. The summed E-state index contributed by atoms with van der Waals surface area (Å²) in [7, 11) is 1.75. The molecule has 1 amide bonds. The van der Waals surface area contributed by atoms with Crippen molar-refractivity contribution in [1.29, 1.82) is 0 Å². The van der Waals surface area contributed by atoms with Gasteiger partial charge in [0.15, 0.2) is 10.8 Å². The third-order valence-corrected chi connectivity index (χ3v) is 3.83. The van der Waals surface area contributed by atoms with Gasteiger partial charge in [0.05, 0.1) is 0 Å². The summed E-state index contributed by atoms with van der Waals surface area (Å²) < 4.78 is 1.56. The van der Waals surface area contributed by atoms with E-state index in [2.05, 4.69) is 25.8 Å². The molecule has 0 unspecified atom stereocenters. The number of halogens is 1.